The van der Waals surface area contributed by atoms with Gasteiger partial charge in [-0.05, 0) is 42.5 Å². The van der Waals surface area contributed by atoms with Gasteiger partial charge < -0.3 is 5.73 Å². The molecule has 0 spiro atoms. The zero-order chi connectivity index (χ0) is 30.2. The molecule has 0 saturated heterocycles. The quantitative estimate of drug-likeness (QED) is 0.240. The number of hydrogen-bond acceptors (Lipinski definition) is 6. The second-order valence-corrected chi connectivity index (χ2v) is 10.8. The standard InChI is InChI=1S/C28H20F6N8O/c29-14-1-11(2-15(30)5-14)3-17(21-18(9-36-10-38-21)12-4-13-8-39-40-27(13)37-7-12)23(26(35)43)42-24-20(22(41-42)25(31)32)16-6-19(16)28(24,33)34/h1-2,4-5,7-10,16-17,19,23,25H,3,6H2,(H2,35,43)(H,37,39,40)/t16?,17-,19?,23?/m1/s1. The third-order valence-electron chi connectivity index (χ3n) is 8.14. The number of amides is 1. The van der Waals surface area contributed by atoms with Crippen LogP contribution in [0.4, 0.5) is 26.3 Å². The molecule has 4 heterocycles. The normalized spacial score (nSPS) is 19.8. The Kier molecular flexibility index (Phi) is 6.04. The fourth-order valence-corrected chi connectivity index (χ4v) is 6.29. The van der Waals surface area contributed by atoms with E-state index in [4.69, 9.17) is 5.73 Å². The summed E-state index contributed by atoms with van der Waals surface area (Å²) in [4.78, 5) is 25.9. The lowest BCUT2D eigenvalue weighted by atomic mass is 9.85. The van der Waals surface area contributed by atoms with E-state index in [-0.39, 0.29) is 29.7 Å². The Morgan fingerprint density at radius 2 is 1.84 bits per heavy atom. The maximum absolute atomic E-state index is 15.6. The zero-order valence-electron chi connectivity index (χ0n) is 21.9. The molecule has 1 amide bonds. The smallest absolute Gasteiger partial charge is 0.293 e. The number of carbonyl (C=O) groups excluding carboxylic acids is 1. The number of nitrogens with two attached hydrogens (primary N) is 1. The molecule has 43 heavy (non-hydrogen) atoms. The molecule has 5 aromatic rings. The number of hydrogen-bond donors (Lipinski definition) is 2. The molecular formula is C28H20F6N8O. The molecule has 1 saturated carbocycles. The van der Waals surface area contributed by atoms with Crippen molar-refractivity contribution in [2.45, 2.75) is 43.1 Å². The molecule has 3 unspecified atom stereocenters. The molecule has 15 heteroatoms. The minimum atomic E-state index is -3.56. The van der Waals surface area contributed by atoms with Gasteiger partial charge >= 0.3 is 0 Å². The zero-order valence-corrected chi connectivity index (χ0v) is 21.9. The highest BCUT2D eigenvalue weighted by atomic mass is 19.3. The van der Waals surface area contributed by atoms with Crippen LogP contribution < -0.4 is 5.73 Å². The summed E-state index contributed by atoms with van der Waals surface area (Å²) in [5.41, 5.74) is 5.20. The van der Waals surface area contributed by atoms with Gasteiger partial charge in [0, 0.05) is 52.4 Å². The third-order valence-corrected chi connectivity index (χ3v) is 8.14. The molecule has 0 bridgehead atoms. The number of aromatic amines is 1. The number of nitrogens with one attached hydrogen (secondary N) is 1. The van der Waals surface area contributed by atoms with Crippen LogP contribution in [0, 0.1) is 17.6 Å². The molecule has 2 aliphatic carbocycles. The largest absolute Gasteiger partial charge is 0.368 e. The summed E-state index contributed by atoms with van der Waals surface area (Å²) in [5.74, 6) is -9.93. The van der Waals surface area contributed by atoms with Crippen LogP contribution in [0.15, 0.2) is 49.2 Å². The maximum Gasteiger partial charge on any atom is 0.293 e. The van der Waals surface area contributed by atoms with Gasteiger partial charge in [0.1, 0.15) is 35.4 Å². The highest BCUT2D eigenvalue weighted by Gasteiger charge is 2.67. The molecule has 3 N–H and O–H groups in total. The summed E-state index contributed by atoms with van der Waals surface area (Å²) >= 11 is 0. The number of pyridine rings is 1. The summed E-state index contributed by atoms with van der Waals surface area (Å²) < 4.78 is 88.6. The number of halogens is 6. The van der Waals surface area contributed by atoms with Gasteiger partial charge in [0.2, 0.25) is 5.91 Å². The molecule has 4 aromatic heterocycles. The summed E-state index contributed by atoms with van der Waals surface area (Å²) in [6.45, 7) is 0. The fourth-order valence-electron chi connectivity index (χ4n) is 6.29. The Hall–Kier alpha value is -4.82. The van der Waals surface area contributed by atoms with E-state index in [2.05, 4.69) is 30.2 Å². The van der Waals surface area contributed by atoms with Gasteiger partial charge in [0.15, 0.2) is 5.65 Å². The van der Waals surface area contributed by atoms with Gasteiger partial charge in [-0.25, -0.2) is 37.2 Å². The number of H-pyrrole nitrogens is 1. The summed E-state index contributed by atoms with van der Waals surface area (Å²) in [6, 6.07) is 2.55. The number of alkyl halides is 4. The number of primary amides is 1. The van der Waals surface area contributed by atoms with Crippen LogP contribution in [0.25, 0.3) is 22.2 Å². The molecule has 1 aromatic carbocycles. The van der Waals surface area contributed by atoms with E-state index in [9.17, 15) is 22.4 Å². The van der Waals surface area contributed by atoms with Crippen molar-refractivity contribution in [3.63, 3.8) is 0 Å². The van der Waals surface area contributed by atoms with Crippen LogP contribution in [0.5, 0.6) is 0 Å². The predicted molar refractivity (Wildman–Crippen MR) is 138 cm³/mol. The van der Waals surface area contributed by atoms with Crippen molar-refractivity contribution in [1.82, 2.24) is 34.9 Å². The van der Waals surface area contributed by atoms with E-state index < -0.39 is 65.1 Å². The fraction of sp³-hybridized carbons (Fsp3) is 0.286. The van der Waals surface area contributed by atoms with E-state index >= 15 is 8.78 Å². The maximum atomic E-state index is 15.6. The summed E-state index contributed by atoms with van der Waals surface area (Å²) in [7, 11) is 0. The number of benzene rings is 1. The van der Waals surface area contributed by atoms with Crippen LogP contribution >= 0.6 is 0 Å². The van der Waals surface area contributed by atoms with E-state index in [1.54, 1.807) is 6.07 Å². The Bertz CT molecular complexity index is 1890. The molecule has 1 fully saturated rings. The lowest BCUT2D eigenvalue weighted by Crippen LogP contribution is -2.37. The van der Waals surface area contributed by atoms with Crippen LogP contribution in [0.1, 0.15) is 58.9 Å². The lowest BCUT2D eigenvalue weighted by molar-refractivity contribution is -0.122. The molecular weight excluding hydrogens is 578 g/mol. The monoisotopic (exact) mass is 598 g/mol. The van der Waals surface area contributed by atoms with Crippen molar-refractivity contribution < 1.29 is 31.1 Å². The van der Waals surface area contributed by atoms with Crippen molar-refractivity contribution in [3.05, 3.63) is 89.0 Å². The Labute approximate surface area is 238 Å². The SMILES string of the molecule is NC(=O)C([C@H](Cc1cc(F)cc(F)c1)c1ncncc1-c1cnc2[nH]ncc2c1)n1nc(C(F)F)c2c1C(F)(F)C1CC21. The predicted octanol–water partition coefficient (Wildman–Crippen LogP) is 5.09. The molecule has 0 aliphatic heterocycles. The second kappa shape index (κ2) is 9.61. The first-order valence-corrected chi connectivity index (χ1v) is 13.2. The van der Waals surface area contributed by atoms with Crippen molar-refractivity contribution in [3.8, 4) is 11.1 Å². The van der Waals surface area contributed by atoms with Crippen molar-refractivity contribution in [1.29, 1.82) is 0 Å². The first kappa shape index (κ1) is 27.0. The molecule has 0 radical (unpaired) electrons. The lowest BCUT2D eigenvalue weighted by Gasteiger charge is -2.29. The van der Waals surface area contributed by atoms with E-state index in [0.717, 1.165) is 18.5 Å². The molecule has 9 nitrogen and oxygen atoms in total. The van der Waals surface area contributed by atoms with E-state index in [0.29, 0.717) is 32.9 Å². The van der Waals surface area contributed by atoms with Crippen LogP contribution in [-0.4, -0.2) is 40.8 Å². The highest BCUT2D eigenvalue weighted by molar-refractivity contribution is 5.83. The minimum absolute atomic E-state index is 0.0121. The van der Waals surface area contributed by atoms with Gasteiger partial charge in [0.05, 0.1) is 11.9 Å². The topological polar surface area (TPSA) is 128 Å². The molecule has 4 atom stereocenters. The van der Waals surface area contributed by atoms with Crippen molar-refractivity contribution in [2.75, 3.05) is 0 Å². The number of aromatic nitrogens is 7. The first-order chi connectivity index (χ1) is 20.5. The second-order valence-electron chi connectivity index (χ2n) is 10.8. The molecule has 2 aliphatic rings. The van der Waals surface area contributed by atoms with Gasteiger partial charge in [-0.2, -0.15) is 19.0 Å². The van der Waals surface area contributed by atoms with Gasteiger partial charge in [-0.3, -0.25) is 9.89 Å². The van der Waals surface area contributed by atoms with E-state index in [1.807, 2.05) is 0 Å². The van der Waals surface area contributed by atoms with Crippen molar-refractivity contribution >= 4 is 16.9 Å². The van der Waals surface area contributed by atoms with Crippen molar-refractivity contribution in [2.24, 2.45) is 11.7 Å². The Balaban J connectivity index is 1.45. The van der Waals surface area contributed by atoms with Gasteiger partial charge in [-0.1, -0.05) is 0 Å². The van der Waals surface area contributed by atoms with Gasteiger partial charge in [-0.15, -0.1) is 0 Å². The average Bonchev–Trinajstić information content (AvgIpc) is 3.34. The first-order valence-electron chi connectivity index (χ1n) is 13.2. The number of rotatable bonds is 8. The summed E-state index contributed by atoms with van der Waals surface area (Å²) in [5, 5.41) is 11.1. The molecule has 220 valence electrons. The third kappa shape index (κ3) is 4.32. The number of fused-ring (bicyclic) bond motifs is 4. The Morgan fingerprint density at radius 1 is 1.07 bits per heavy atom. The van der Waals surface area contributed by atoms with Crippen LogP contribution in [0.2, 0.25) is 0 Å². The van der Waals surface area contributed by atoms with Gasteiger partial charge in [0.25, 0.3) is 12.3 Å². The Morgan fingerprint density at radius 3 is 2.56 bits per heavy atom. The number of nitrogens with zero attached hydrogens (tertiary/aromatic N) is 6. The highest BCUT2D eigenvalue weighted by Crippen LogP contribution is 2.68. The molecule has 7 rings (SSSR count). The average molecular weight is 599 g/mol. The van der Waals surface area contributed by atoms with E-state index in [1.165, 1.54) is 18.6 Å². The number of carbonyl (C=O) groups is 1. The van der Waals surface area contributed by atoms with Crippen LogP contribution in [0.3, 0.4) is 0 Å². The summed E-state index contributed by atoms with van der Waals surface area (Å²) in [6.07, 6.45) is 1.97. The minimum Gasteiger partial charge on any atom is -0.368 e. The van der Waals surface area contributed by atoms with Crippen LogP contribution in [-0.2, 0) is 17.1 Å².